The first-order valence-electron chi connectivity index (χ1n) is 5.28. The fourth-order valence-corrected chi connectivity index (χ4v) is 1.79. The molecule has 1 aliphatic rings. The molecule has 88 valence electrons. The van der Waals surface area contributed by atoms with Gasteiger partial charge in [-0.1, -0.05) is 0 Å². The third kappa shape index (κ3) is 2.07. The van der Waals surface area contributed by atoms with Gasteiger partial charge in [0.05, 0.1) is 25.4 Å². The number of aromatic nitrogens is 2. The summed E-state index contributed by atoms with van der Waals surface area (Å²) in [6.45, 7) is 3.17. The molecule has 6 heteroatoms. The summed E-state index contributed by atoms with van der Waals surface area (Å²) in [6.07, 6.45) is 2.99. The molecule has 16 heavy (non-hydrogen) atoms. The Hall–Kier alpha value is -1.40. The van der Waals surface area contributed by atoms with Crippen LogP contribution in [-0.4, -0.2) is 47.0 Å². The zero-order valence-corrected chi connectivity index (χ0v) is 9.21. The third-order valence-corrected chi connectivity index (χ3v) is 2.69. The number of morpholine rings is 1. The first-order valence-corrected chi connectivity index (χ1v) is 5.28. The lowest BCUT2D eigenvalue weighted by Crippen LogP contribution is -2.50. The molecule has 6 nitrogen and oxygen atoms in total. The molecule has 0 bridgehead atoms. The van der Waals surface area contributed by atoms with Crippen molar-refractivity contribution in [3.05, 3.63) is 12.4 Å². The lowest BCUT2D eigenvalue weighted by atomic mass is 10.2. The number of nitrogens with two attached hydrogens (primary N) is 1. The number of aliphatic hydroxyl groups excluding tert-OH is 1. The van der Waals surface area contributed by atoms with E-state index in [1.165, 1.54) is 0 Å². The molecule has 0 aliphatic carbocycles. The summed E-state index contributed by atoms with van der Waals surface area (Å²) in [5, 5.41) is 9.09. The Bertz CT molecular complexity index is 360. The van der Waals surface area contributed by atoms with Crippen LogP contribution in [0.2, 0.25) is 0 Å². The van der Waals surface area contributed by atoms with Crippen LogP contribution in [0.3, 0.4) is 0 Å². The van der Waals surface area contributed by atoms with Gasteiger partial charge in [0.25, 0.3) is 0 Å². The van der Waals surface area contributed by atoms with Crippen molar-refractivity contribution in [3.63, 3.8) is 0 Å². The smallest absolute Gasteiger partial charge is 0.171 e. The van der Waals surface area contributed by atoms with E-state index < -0.39 is 0 Å². The van der Waals surface area contributed by atoms with Crippen molar-refractivity contribution in [2.45, 2.75) is 19.1 Å². The third-order valence-electron chi connectivity index (χ3n) is 2.69. The number of aliphatic hydroxyl groups is 1. The molecule has 1 fully saturated rings. The molecule has 2 unspecified atom stereocenters. The molecule has 2 heterocycles. The number of hydrogen-bond acceptors (Lipinski definition) is 6. The molecule has 1 aliphatic heterocycles. The van der Waals surface area contributed by atoms with Crippen LogP contribution in [0.15, 0.2) is 12.4 Å². The van der Waals surface area contributed by atoms with Gasteiger partial charge in [-0.05, 0) is 6.92 Å². The standard InChI is InChI=1S/C10H16N4O2/c1-7-6-16-8(5-15)4-14(7)10-9(11)12-2-3-13-10/h2-3,7-8,15H,4-6H2,1H3,(H2,11,12). The minimum atomic E-state index is -0.183. The fraction of sp³-hybridized carbons (Fsp3) is 0.600. The molecule has 0 spiro atoms. The van der Waals surface area contributed by atoms with Crippen LogP contribution in [0, 0.1) is 0 Å². The van der Waals surface area contributed by atoms with E-state index >= 15 is 0 Å². The summed E-state index contributed by atoms with van der Waals surface area (Å²) in [7, 11) is 0. The Labute approximate surface area is 94.1 Å². The molecular weight excluding hydrogens is 208 g/mol. The van der Waals surface area contributed by atoms with Gasteiger partial charge < -0.3 is 20.5 Å². The quantitative estimate of drug-likeness (QED) is 0.714. The summed E-state index contributed by atoms with van der Waals surface area (Å²) in [6, 6.07) is 0.182. The van der Waals surface area contributed by atoms with Crippen LogP contribution in [-0.2, 0) is 4.74 Å². The Morgan fingerprint density at radius 2 is 2.31 bits per heavy atom. The molecule has 0 aromatic carbocycles. The molecule has 2 atom stereocenters. The highest BCUT2D eigenvalue weighted by atomic mass is 16.5. The maximum atomic E-state index is 9.09. The van der Waals surface area contributed by atoms with E-state index in [1.54, 1.807) is 12.4 Å². The van der Waals surface area contributed by atoms with Gasteiger partial charge in [0.1, 0.15) is 0 Å². The van der Waals surface area contributed by atoms with E-state index in [-0.39, 0.29) is 18.8 Å². The first kappa shape index (κ1) is 11.1. The highest BCUT2D eigenvalue weighted by Crippen LogP contribution is 2.23. The van der Waals surface area contributed by atoms with Gasteiger partial charge in [-0.25, -0.2) is 9.97 Å². The van der Waals surface area contributed by atoms with Gasteiger partial charge in [-0.3, -0.25) is 0 Å². The average Bonchev–Trinajstić information content (AvgIpc) is 2.31. The average molecular weight is 224 g/mol. The van der Waals surface area contributed by atoms with Crippen molar-refractivity contribution in [2.75, 3.05) is 30.4 Å². The molecular formula is C10H16N4O2. The van der Waals surface area contributed by atoms with E-state index in [4.69, 9.17) is 15.6 Å². The largest absolute Gasteiger partial charge is 0.394 e. The number of hydrogen-bond donors (Lipinski definition) is 2. The van der Waals surface area contributed by atoms with Gasteiger partial charge in [0.15, 0.2) is 11.6 Å². The zero-order chi connectivity index (χ0) is 11.5. The van der Waals surface area contributed by atoms with E-state index in [2.05, 4.69) is 9.97 Å². The Kier molecular flexibility index (Phi) is 3.21. The Morgan fingerprint density at radius 3 is 3.00 bits per heavy atom. The van der Waals surface area contributed by atoms with Crippen LogP contribution in [0.1, 0.15) is 6.92 Å². The number of nitrogen functional groups attached to an aromatic ring is 1. The SMILES string of the molecule is CC1COC(CO)CN1c1nccnc1N. The summed E-state index contributed by atoms with van der Waals surface area (Å²) in [5.41, 5.74) is 5.78. The molecule has 0 radical (unpaired) electrons. The maximum absolute atomic E-state index is 9.09. The Morgan fingerprint density at radius 1 is 1.56 bits per heavy atom. The van der Waals surface area contributed by atoms with Crippen LogP contribution in [0.25, 0.3) is 0 Å². The molecule has 0 amide bonds. The van der Waals surface area contributed by atoms with E-state index in [1.807, 2.05) is 11.8 Å². The fourth-order valence-electron chi connectivity index (χ4n) is 1.79. The van der Waals surface area contributed by atoms with E-state index in [0.29, 0.717) is 24.8 Å². The normalized spacial score (nSPS) is 25.8. The minimum absolute atomic E-state index is 0.00336. The van der Waals surface area contributed by atoms with Crippen LogP contribution < -0.4 is 10.6 Å². The van der Waals surface area contributed by atoms with Gasteiger partial charge >= 0.3 is 0 Å². The molecule has 3 N–H and O–H groups in total. The second-order valence-electron chi connectivity index (χ2n) is 3.90. The lowest BCUT2D eigenvalue weighted by Gasteiger charge is -2.38. The number of anilines is 2. The van der Waals surface area contributed by atoms with Gasteiger partial charge in [-0.15, -0.1) is 0 Å². The Balaban J connectivity index is 2.21. The highest BCUT2D eigenvalue weighted by Gasteiger charge is 2.27. The maximum Gasteiger partial charge on any atom is 0.171 e. The molecule has 0 saturated carbocycles. The van der Waals surface area contributed by atoms with Crippen LogP contribution in [0.4, 0.5) is 11.6 Å². The van der Waals surface area contributed by atoms with E-state index in [0.717, 1.165) is 0 Å². The van der Waals surface area contributed by atoms with Crippen molar-refractivity contribution in [1.29, 1.82) is 0 Å². The number of nitrogens with zero attached hydrogens (tertiary/aromatic N) is 3. The highest BCUT2D eigenvalue weighted by molar-refractivity contribution is 5.58. The molecule has 2 rings (SSSR count). The summed E-state index contributed by atoms with van der Waals surface area (Å²) >= 11 is 0. The van der Waals surface area contributed by atoms with Crippen molar-refractivity contribution in [3.8, 4) is 0 Å². The van der Waals surface area contributed by atoms with Crippen LogP contribution in [0.5, 0.6) is 0 Å². The predicted molar refractivity (Wildman–Crippen MR) is 60.1 cm³/mol. The summed E-state index contributed by atoms with van der Waals surface area (Å²) in [4.78, 5) is 10.3. The summed E-state index contributed by atoms with van der Waals surface area (Å²) in [5.74, 6) is 1.07. The second kappa shape index (κ2) is 4.63. The zero-order valence-electron chi connectivity index (χ0n) is 9.21. The van der Waals surface area contributed by atoms with Crippen LogP contribution >= 0.6 is 0 Å². The molecule has 1 aromatic rings. The molecule has 1 saturated heterocycles. The number of ether oxygens (including phenoxy) is 1. The lowest BCUT2D eigenvalue weighted by molar-refractivity contribution is -0.0105. The van der Waals surface area contributed by atoms with Gasteiger partial charge in [-0.2, -0.15) is 0 Å². The molecule has 1 aromatic heterocycles. The minimum Gasteiger partial charge on any atom is -0.394 e. The monoisotopic (exact) mass is 224 g/mol. The van der Waals surface area contributed by atoms with Gasteiger partial charge in [0.2, 0.25) is 0 Å². The topological polar surface area (TPSA) is 84.5 Å². The predicted octanol–water partition coefficient (Wildman–Crippen LogP) is -0.355. The second-order valence-corrected chi connectivity index (χ2v) is 3.90. The van der Waals surface area contributed by atoms with Gasteiger partial charge in [0, 0.05) is 18.9 Å². The summed E-state index contributed by atoms with van der Waals surface area (Å²) < 4.78 is 5.45. The first-order chi connectivity index (χ1) is 7.72. The van der Waals surface area contributed by atoms with Crippen molar-refractivity contribution >= 4 is 11.6 Å². The number of rotatable bonds is 2. The van der Waals surface area contributed by atoms with Crippen molar-refractivity contribution < 1.29 is 9.84 Å². The van der Waals surface area contributed by atoms with Crippen molar-refractivity contribution in [2.24, 2.45) is 0 Å². The van der Waals surface area contributed by atoms with E-state index in [9.17, 15) is 0 Å². The van der Waals surface area contributed by atoms with Crippen molar-refractivity contribution in [1.82, 2.24) is 9.97 Å².